The molecule has 0 aliphatic carbocycles. The fraction of sp³-hybridized carbons (Fsp3) is 0.333. The third-order valence-electron chi connectivity index (χ3n) is 3.48. The molecule has 0 spiro atoms. The van der Waals surface area contributed by atoms with Gasteiger partial charge in [0.15, 0.2) is 5.96 Å². The van der Waals surface area contributed by atoms with E-state index in [1.165, 1.54) is 0 Å². The molecule has 0 amide bonds. The molecule has 0 saturated heterocycles. The third-order valence-corrected chi connectivity index (χ3v) is 3.48. The van der Waals surface area contributed by atoms with Crippen LogP contribution in [-0.4, -0.2) is 41.3 Å². The maximum Gasteiger partial charge on any atom is 0.193 e. The molecule has 6 heteroatoms. The quantitative estimate of drug-likeness (QED) is 0.247. The molecule has 2 aromatic rings. The summed E-state index contributed by atoms with van der Waals surface area (Å²) in [6.45, 7) is 3.67. The van der Waals surface area contributed by atoms with E-state index in [4.69, 9.17) is 0 Å². The first kappa shape index (κ1) is 20.2. The second-order valence-corrected chi connectivity index (χ2v) is 5.32. The van der Waals surface area contributed by atoms with Crippen LogP contribution in [0.1, 0.15) is 18.9 Å². The van der Waals surface area contributed by atoms with Crippen LogP contribution < -0.4 is 5.32 Å². The molecule has 0 fully saturated rings. The normalized spacial score (nSPS) is 11.4. The highest BCUT2D eigenvalue weighted by atomic mass is 127. The predicted octanol–water partition coefficient (Wildman–Crippen LogP) is 3.46. The van der Waals surface area contributed by atoms with Crippen LogP contribution in [0.3, 0.4) is 0 Å². The molecule has 1 N–H and O–H groups in total. The number of rotatable bonds is 6. The molecule has 0 bridgehead atoms. The molecule has 24 heavy (non-hydrogen) atoms. The summed E-state index contributed by atoms with van der Waals surface area (Å²) >= 11 is 0. The summed E-state index contributed by atoms with van der Waals surface area (Å²) in [5.41, 5.74) is 2.21. The van der Waals surface area contributed by atoms with Crippen molar-refractivity contribution in [1.29, 1.82) is 0 Å². The molecule has 1 heterocycles. The minimum atomic E-state index is 0. The van der Waals surface area contributed by atoms with Gasteiger partial charge in [0.05, 0.1) is 11.9 Å². The molecular weight excluding hydrogens is 413 g/mol. The summed E-state index contributed by atoms with van der Waals surface area (Å²) in [6.07, 6.45) is 9.15. The molecule has 0 aliphatic heterocycles. The molecule has 0 atom stereocenters. The lowest BCUT2D eigenvalue weighted by atomic mass is 10.3. The van der Waals surface area contributed by atoms with Crippen LogP contribution in [0.5, 0.6) is 0 Å². The Kier molecular flexibility index (Phi) is 9.14. The third kappa shape index (κ3) is 5.99. The first-order chi connectivity index (χ1) is 11.2. The van der Waals surface area contributed by atoms with E-state index in [1.807, 2.05) is 62.2 Å². The second kappa shape index (κ2) is 10.9. The lowest BCUT2D eigenvalue weighted by Gasteiger charge is -2.21. The van der Waals surface area contributed by atoms with E-state index < -0.39 is 0 Å². The Morgan fingerprint density at radius 2 is 2.08 bits per heavy atom. The zero-order chi connectivity index (χ0) is 16.5. The van der Waals surface area contributed by atoms with E-state index in [0.29, 0.717) is 0 Å². The molecule has 5 nitrogen and oxygen atoms in total. The van der Waals surface area contributed by atoms with Crippen LogP contribution >= 0.6 is 24.0 Å². The topological polar surface area (TPSA) is 45.5 Å². The number of nitrogens with one attached hydrogen (secondary N) is 1. The van der Waals surface area contributed by atoms with Crippen molar-refractivity contribution in [3.63, 3.8) is 0 Å². The Hall–Kier alpha value is -1.83. The zero-order valence-electron chi connectivity index (χ0n) is 14.5. The summed E-state index contributed by atoms with van der Waals surface area (Å²) in [6, 6.07) is 10.1. The van der Waals surface area contributed by atoms with Gasteiger partial charge in [-0.05, 0) is 25.5 Å². The van der Waals surface area contributed by atoms with Crippen molar-refractivity contribution in [3.8, 4) is 5.69 Å². The smallest absolute Gasteiger partial charge is 0.193 e. The second-order valence-electron chi connectivity index (χ2n) is 5.32. The monoisotopic (exact) mass is 439 g/mol. The standard InChI is InChI=1S/C18H25N5.HI/c1-4-5-9-12-20-18(19-2)22(3)14-16-13-21-23(15-16)17-10-7-6-8-11-17;/h4-8,10-11,13,15H,9,12,14H2,1-3H3,(H,19,20);1H/b5-4+;. The lowest BCUT2D eigenvalue weighted by molar-refractivity contribution is 0.477. The van der Waals surface area contributed by atoms with E-state index in [-0.39, 0.29) is 24.0 Å². The van der Waals surface area contributed by atoms with Gasteiger partial charge in [-0.2, -0.15) is 5.10 Å². The Bertz CT molecular complexity index is 648. The molecule has 0 aliphatic rings. The predicted molar refractivity (Wildman–Crippen MR) is 111 cm³/mol. The van der Waals surface area contributed by atoms with Crippen molar-refractivity contribution < 1.29 is 0 Å². The van der Waals surface area contributed by atoms with E-state index in [9.17, 15) is 0 Å². The highest BCUT2D eigenvalue weighted by molar-refractivity contribution is 14.0. The highest BCUT2D eigenvalue weighted by Crippen LogP contribution is 2.09. The van der Waals surface area contributed by atoms with Gasteiger partial charge >= 0.3 is 0 Å². The molecule has 2 rings (SSSR count). The number of hydrogen-bond acceptors (Lipinski definition) is 2. The SMILES string of the molecule is C/C=C/CCNC(=NC)N(C)Cc1cnn(-c2ccccc2)c1.I. The average molecular weight is 439 g/mol. The van der Waals surface area contributed by atoms with E-state index >= 15 is 0 Å². The summed E-state index contributed by atoms with van der Waals surface area (Å²) < 4.78 is 1.89. The number of nitrogens with zero attached hydrogens (tertiary/aromatic N) is 4. The minimum absolute atomic E-state index is 0. The number of guanidine groups is 1. The van der Waals surface area contributed by atoms with Gasteiger partial charge in [0.1, 0.15) is 0 Å². The van der Waals surface area contributed by atoms with Gasteiger partial charge in [-0.25, -0.2) is 4.68 Å². The van der Waals surface area contributed by atoms with Gasteiger partial charge in [0.2, 0.25) is 0 Å². The molecule has 0 saturated carbocycles. The number of benzene rings is 1. The van der Waals surface area contributed by atoms with Crippen molar-refractivity contribution in [2.45, 2.75) is 19.9 Å². The van der Waals surface area contributed by atoms with E-state index in [0.717, 1.165) is 36.7 Å². The number of hydrogen-bond donors (Lipinski definition) is 1. The lowest BCUT2D eigenvalue weighted by Crippen LogP contribution is -2.38. The van der Waals surface area contributed by atoms with Gasteiger partial charge in [0, 0.05) is 38.9 Å². The Balaban J connectivity index is 0.00000288. The summed E-state index contributed by atoms with van der Waals surface area (Å²) in [5.74, 6) is 0.891. The van der Waals surface area contributed by atoms with Crippen molar-refractivity contribution in [1.82, 2.24) is 20.0 Å². The maximum atomic E-state index is 4.43. The van der Waals surface area contributed by atoms with Crippen molar-refractivity contribution in [2.24, 2.45) is 4.99 Å². The molecule has 1 aromatic heterocycles. The molecule has 0 radical (unpaired) electrons. The average Bonchev–Trinajstić information content (AvgIpc) is 3.04. The minimum Gasteiger partial charge on any atom is -0.356 e. The van der Waals surface area contributed by atoms with Crippen LogP contribution in [0.15, 0.2) is 59.9 Å². The first-order valence-electron chi connectivity index (χ1n) is 7.86. The summed E-state index contributed by atoms with van der Waals surface area (Å²) in [5, 5.41) is 7.79. The van der Waals surface area contributed by atoms with Crippen LogP contribution in [0, 0.1) is 0 Å². The summed E-state index contributed by atoms with van der Waals surface area (Å²) in [4.78, 5) is 6.43. The van der Waals surface area contributed by atoms with Gasteiger partial charge in [-0.1, -0.05) is 30.4 Å². The number of aromatic nitrogens is 2. The number of halogens is 1. The van der Waals surface area contributed by atoms with Crippen molar-refractivity contribution in [3.05, 3.63) is 60.4 Å². The molecule has 0 unspecified atom stereocenters. The molecule has 1 aromatic carbocycles. The maximum absolute atomic E-state index is 4.43. The van der Waals surface area contributed by atoms with Gasteiger partial charge in [0.25, 0.3) is 0 Å². The fourth-order valence-electron chi connectivity index (χ4n) is 2.33. The largest absolute Gasteiger partial charge is 0.356 e. The van der Waals surface area contributed by atoms with Crippen LogP contribution in [0.4, 0.5) is 0 Å². The first-order valence-corrected chi connectivity index (χ1v) is 7.86. The van der Waals surface area contributed by atoms with Gasteiger partial charge < -0.3 is 10.2 Å². The zero-order valence-corrected chi connectivity index (χ0v) is 16.8. The molecule has 130 valence electrons. The van der Waals surface area contributed by atoms with Gasteiger partial charge in [-0.15, -0.1) is 24.0 Å². The fourth-order valence-corrected chi connectivity index (χ4v) is 2.33. The van der Waals surface area contributed by atoms with Crippen molar-refractivity contribution >= 4 is 29.9 Å². The molecular formula is C18H26IN5. The van der Waals surface area contributed by atoms with E-state index in [1.54, 1.807) is 0 Å². The van der Waals surface area contributed by atoms with Gasteiger partial charge in [-0.3, -0.25) is 4.99 Å². The Labute approximate surface area is 161 Å². The van der Waals surface area contributed by atoms with Crippen molar-refractivity contribution in [2.75, 3.05) is 20.6 Å². The van der Waals surface area contributed by atoms with E-state index in [2.05, 4.69) is 38.7 Å². The Morgan fingerprint density at radius 3 is 2.75 bits per heavy atom. The van der Waals surface area contributed by atoms with Crippen LogP contribution in [0.2, 0.25) is 0 Å². The highest BCUT2D eigenvalue weighted by Gasteiger charge is 2.08. The number of para-hydroxylation sites is 1. The number of allylic oxidation sites excluding steroid dienone is 1. The Morgan fingerprint density at radius 1 is 1.33 bits per heavy atom. The van der Waals surface area contributed by atoms with Crippen LogP contribution in [-0.2, 0) is 6.54 Å². The van der Waals surface area contributed by atoms with Crippen LogP contribution in [0.25, 0.3) is 5.69 Å². The summed E-state index contributed by atoms with van der Waals surface area (Å²) in [7, 11) is 3.84. The number of aliphatic imine (C=N–C) groups is 1.